The van der Waals surface area contributed by atoms with Crippen molar-refractivity contribution in [1.82, 2.24) is 10.2 Å². The highest BCUT2D eigenvalue weighted by atomic mass is 35.5. The summed E-state index contributed by atoms with van der Waals surface area (Å²) in [4.78, 5) is 14.2. The van der Waals surface area contributed by atoms with Gasteiger partial charge in [-0.1, -0.05) is 6.92 Å². The van der Waals surface area contributed by atoms with Crippen molar-refractivity contribution in [3.05, 3.63) is 0 Å². The number of carbonyl (C=O) groups is 1. The first-order valence-electron chi connectivity index (χ1n) is 6.31. The molecular formula is C12H23ClN2O. The van der Waals surface area contributed by atoms with Gasteiger partial charge < -0.3 is 10.2 Å². The SMILES string of the molecule is CCCN(C(=O)CC1CCNC1)C1CC1.Cl. The number of hydrogen-bond donors (Lipinski definition) is 1. The van der Waals surface area contributed by atoms with Gasteiger partial charge >= 0.3 is 0 Å². The number of halogens is 1. The van der Waals surface area contributed by atoms with E-state index in [1.165, 1.54) is 19.3 Å². The van der Waals surface area contributed by atoms with Crippen molar-refractivity contribution in [3.8, 4) is 0 Å². The average molecular weight is 247 g/mol. The summed E-state index contributed by atoms with van der Waals surface area (Å²) in [5, 5.41) is 3.32. The smallest absolute Gasteiger partial charge is 0.223 e. The van der Waals surface area contributed by atoms with Crippen molar-refractivity contribution in [2.24, 2.45) is 5.92 Å². The second-order valence-electron chi connectivity index (χ2n) is 4.88. The lowest BCUT2D eigenvalue weighted by atomic mass is 10.0. The summed E-state index contributed by atoms with van der Waals surface area (Å²) in [5.74, 6) is 0.989. The van der Waals surface area contributed by atoms with Crippen molar-refractivity contribution in [1.29, 1.82) is 0 Å². The van der Waals surface area contributed by atoms with E-state index in [2.05, 4.69) is 17.1 Å². The molecule has 0 aromatic rings. The average Bonchev–Trinajstić information content (AvgIpc) is 2.93. The highest BCUT2D eigenvalue weighted by Crippen LogP contribution is 2.28. The zero-order chi connectivity index (χ0) is 10.7. The van der Waals surface area contributed by atoms with Crippen LogP contribution in [0.4, 0.5) is 0 Å². The Bertz CT molecular complexity index is 225. The van der Waals surface area contributed by atoms with Crippen LogP contribution in [-0.2, 0) is 4.79 Å². The monoisotopic (exact) mass is 246 g/mol. The maximum Gasteiger partial charge on any atom is 0.223 e. The third-order valence-electron chi connectivity index (χ3n) is 3.40. The molecule has 2 aliphatic rings. The molecule has 1 saturated carbocycles. The van der Waals surface area contributed by atoms with E-state index >= 15 is 0 Å². The third kappa shape index (κ3) is 3.63. The molecule has 0 spiro atoms. The fraction of sp³-hybridized carbons (Fsp3) is 0.917. The Labute approximate surface area is 104 Å². The lowest BCUT2D eigenvalue weighted by molar-refractivity contribution is -0.132. The van der Waals surface area contributed by atoms with Crippen molar-refractivity contribution in [3.63, 3.8) is 0 Å². The van der Waals surface area contributed by atoms with Gasteiger partial charge in [0.05, 0.1) is 0 Å². The Balaban J connectivity index is 0.00000128. The molecule has 4 heteroatoms. The Morgan fingerprint density at radius 3 is 2.62 bits per heavy atom. The Morgan fingerprint density at radius 2 is 2.12 bits per heavy atom. The van der Waals surface area contributed by atoms with E-state index in [0.29, 0.717) is 17.9 Å². The summed E-state index contributed by atoms with van der Waals surface area (Å²) in [5.41, 5.74) is 0. The molecule has 1 atom stereocenters. The molecule has 94 valence electrons. The van der Waals surface area contributed by atoms with E-state index in [1.807, 2.05) is 0 Å². The minimum Gasteiger partial charge on any atom is -0.340 e. The molecule has 1 unspecified atom stereocenters. The van der Waals surface area contributed by atoms with E-state index in [4.69, 9.17) is 0 Å². The maximum absolute atomic E-state index is 12.1. The van der Waals surface area contributed by atoms with Crippen LogP contribution in [0.25, 0.3) is 0 Å². The molecule has 0 aromatic heterocycles. The van der Waals surface area contributed by atoms with Crippen LogP contribution >= 0.6 is 12.4 Å². The van der Waals surface area contributed by atoms with Gasteiger partial charge in [-0.2, -0.15) is 0 Å². The summed E-state index contributed by atoms with van der Waals surface area (Å²) in [6.45, 7) is 5.24. The van der Waals surface area contributed by atoms with Gasteiger partial charge in [-0.25, -0.2) is 0 Å². The number of nitrogens with one attached hydrogen (secondary N) is 1. The molecule has 16 heavy (non-hydrogen) atoms. The first-order valence-corrected chi connectivity index (χ1v) is 6.31. The molecule has 2 rings (SSSR count). The molecule has 0 bridgehead atoms. The van der Waals surface area contributed by atoms with Crippen LogP contribution < -0.4 is 5.32 Å². The summed E-state index contributed by atoms with van der Waals surface area (Å²) in [7, 11) is 0. The van der Waals surface area contributed by atoms with Crippen molar-refractivity contribution < 1.29 is 4.79 Å². The van der Waals surface area contributed by atoms with Crippen LogP contribution in [0.15, 0.2) is 0 Å². The number of hydrogen-bond acceptors (Lipinski definition) is 2. The van der Waals surface area contributed by atoms with Crippen LogP contribution in [0, 0.1) is 5.92 Å². The highest BCUT2D eigenvalue weighted by molar-refractivity contribution is 5.85. The summed E-state index contributed by atoms with van der Waals surface area (Å²) in [6.07, 6.45) is 5.49. The largest absolute Gasteiger partial charge is 0.340 e. The van der Waals surface area contributed by atoms with Crippen molar-refractivity contribution in [2.45, 2.75) is 45.1 Å². The van der Waals surface area contributed by atoms with E-state index in [0.717, 1.165) is 32.5 Å². The number of carbonyl (C=O) groups excluding carboxylic acids is 1. The van der Waals surface area contributed by atoms with Gasteiger partial charge in [0, 0.05) is 19.0 Å². The lowest BCUT2D eigenvalue weighted by Gasteiger charge is -2.23. The first kappa shape index (κ1) is 13.8. The van der Waals surface area contributed by atoms with Gasteiger partial charge in [0.25, 0.3) is 0 Å². The highest BCUT2D eigenvalue weighted by Gasteiger charge is 2.32. The van der Waals surface area contributed by atoms with Crippen LogP contribution in [0.2, 0.25) is 0 Å². The summed E-state index contributed by atoms with van der Waals surface area (Å²) in [6, 6.07) is 0.590. The molecule has 1 N–H and O–H groups in total. The second kappa shape index (κ2) is 6.45. The van der Waals surface area contributed by atoms with Gasteiger partial charge in [-0.15, -0.1) is 12.4 Å². The van der Waals surface area contributed by atoms with Crippen molar-refractivity contribution >= 4 is 18.3 Å². The minimum absolute atomic E-state index is 0. The van der Waals surface area contributed by atoms with Gasteiger partial charge in [-0.3, -0.25) is 4.79 Å². The second-order valence-corrected chi connectivity index (χ2v) is 4.88. The predicted molar refractivity (Wildman–Crippen MR) is 67.9 cm³/mol. The minimum atomic E-state index is 0. The molecular weight excluding hydrogens is 224 g/mol. The normalized spacial score (nSPS) is 23.9. The zero-order valence-corrected chi connectivity index (χ0v) is 10.9. The van der Waals surface area contributed by atoms with Crippen LogP contribution in [0.5, 0.6) is 0 Å². The topological polar surface area (TPSA) is 32.3 Å². The lowest BCUT2D eigenvalue weighted by Crippen LogP contribution is -2.35. The standard InChI is InChI=1S/C12H22N2O.ClH/c1-2-7-14(11-3-4-11)12(15)8-10-5-6-13-9-10;/h10-11,13H,2-9H2,1H3;1H. The molecule has 3 nitrogen and oxygen atoms in total. The molecule has 1 amide bonds. The van der Waals surface area contributed by atoms with Gasteiger partial charge in [-0.05, 0) is 44.7 Å². The fourth-order valence-corrected chi connectivity index (χ4v) is 2.39. The van der Waals surface area contributed by atoms with E-state index in [-0.39, 0.29) is 12.4 Å². The zero-order valence-electron chi connectivity index (χ0n) is 10.1. The number of rotatable bonds is 5. The molecule has 0 radical (unpaired) electrons. The van der Waals surface area contributed by atoms with Crippen LogP contribution in [0.3, 0.4) is 0 Å². The molecule has 2 fully saturated rings. The molecule has 0 aromatic carbocycles. The molecule has 1 saturated heterocycles. The van der Waals surface area contributed by atoms with E-state index < -0.39 is 0 Å². The third-order valence-corrected chi connectivity index (χ3v) is 3.40. The first-order chi connectivity index (χ1) is 7.31. The Hall–Kier alpha value is -0.280. The maximum atomic E-state index is 12.1. The van der Waals surface area contributed by atoms with Crippen molar-refractivity contribution in [2.75, 3.05) is 19.6 Å². The quantitative estimate of drug-likeness (QED) is 0.803. The van der Waals surface area contributed by atoms with Crippen LogP contribution in [-0.4, -0.2) is 36.5 Å². The van der Waals surface area contributed by atoms with Crippen LogP contribution in [0.1, 0.15) is 39.0 Å². The molecule has 1 aliphatic heterocycles. The van der Waals surface area contributed by atoms with Gasteiger partial charge in [0.1, 0.15) is 0 Å². The summed E-state index contributed by atoms with van der Waals surface area (Å²) < 4.78 is 0. The summed E-state index contributed by atoms with van der Waals surface area (Å²) >= 11 is 0. The predicted octanol–water partition coefficient (Wildman–Crippen LogP) is 1.81. The molecule has 1 heterocycles. The molecule has 1 aliphatic carbocycles. The Morgan fingerprint density at radius 1 is 1.38 bits per heavy atom. The van der Waals surface area contributed by atoms with Gasteiger partial charge in [0.15, 0.2) is 0 Å². The van der Waals surface area contributed by atoms with E-state index in [1.54, 1.807) is 0 Å². The van der Waals surface area contributed by atoms with E-state index in [9.17, 15) is 4.79 Å². The number of amides is 1. The Kier molecular flexibility index (Phi) is 5.56. The fourth-order valence-electron chi connectivity index (χ4n) is 2.39. The number of nitrogens with zero attached hydrogens (tertiary/aromatic N) is 1. The van der Waals surface area contributed by atoms with Gasteiger partial charge in [0.2, 0.25) is 5.91 Å².